The van der Waals surface area contributed by atoms with Crippen molar-refractivity contribution in [3.8, 4) is 11.8 Å². The topological polar surface area (TPSA) is 60.4 Å². The number of fused-ring (bicyclic) bond motifs is 2. The van der Waals surface area contributed by atoms with Crippen molar-refractivity contribution < 1.29 is 24.4 Å². The van der Waals surface area contributed by atoms with Gasteiger partial charge in [0.05, 0.1) is 18.8 Å². The molecule has 1 N–H and O–H groups in total. The summed E-state index contributed by atoms with van der Waals surface area (Å²) in [4.78, 5) is 14.7. The van der Waals surface area contributed by atoms with Crippen molar-refractivity contribution >= 4 is 0 Å². The molecule has 36 heavy (non-hydrogen) atoms. The van der Waals surface area contributed by atoms with E-state index in [1.807, 2.05) is 25.1 Å². The molecule has 2 bridgehead atoms. The van der Waals surface area contributed by atoms with Gasteiger partial charge in [-0.3, -0.25) is 4.90 Å². The number of nitrogens with zero attached hydrogens (tertiary/aromatic N) is 1. The zero-order chi connectivity index (χ0) is 24.9. The fraction of sp³-hybridized carbons (Fsp3) is 0.733. The smallest absolute Gasteiger partial charge is 0.201 e. The first-order chi connectivity index (χ1) is 17.4. The number of likely N-dealkylation sites (tertiary alicyclic amines) is 1. The van der Waals surface area contributed by atoms with Gasteiger partial charge in [0, 0.05) is 30.4 Å². The lowest BCUT2D eigenvalue weighted by Gasteiger charge is -2.60. The third-order valence-electron chi connectivity index (χ3n) is 9.94. The number of aliphatic hydroxyl groups excluding tert-OH is 1. The predicted octanol–water partition coefficient (Wildman–Crippen LogP) is 4.50. The predicted molar refractivity (Wildman–Crippen MR) is 135 cm³/mol. The van der Waals surface area contributed by atoms with E-state index in [0.717, 1.165) is 50.6 Å². The fourth-order valence-corrected chi connectivity index (χ4v) is 7.90. The maximum absolute atomic E-state index is 10.1. The summed E-state index contributed by atoms with van der Waals surface area (Å²) in [6, 6.07) is 10.4. The summed E-state index contributed by atoms with van der Waals surface area (Å²) in [7, 11) is 0. The number of aliphatic hydroxyl groups is 1. The van der Waals surface area contributed by atoms with Crippen LogP contribution < -0.4 is 0 Å². The molecule has 1 unspecified atom stereocenters. The van der Waals surface area contributed by atoms with E-state index in [0.29, 0.717) is 23.7 Å². The average Bonchev–Trinajstić information content (AvgIpc) is 3.25. The van der Waals surface area contributed by atoms with Gasteiger partial charge in [0.15, 0.2) is 11.9 Å². The summed E-state index contributed by atoms with van der Waals surface area (Å²) in [6.07, 6.45) is 6.65. The van der Waals surface area contributed by atoms with Gasteiger partial charge in [-0.25, -0.2) is 9.78 Å². The van der Waals surface area contributed by atoms with Crippen molar-refractivity contribution in [1.82, 2.24) is 4.90 Å². The molecular weight excluding hydrogens is 454 g/mol. The highest BCUT2D eigenvalue weighted by Gasteiger charge is 2.69. The van der Waals surface area contributed by atoms with E-state index in [9.17, 15) is 5.11 Å². The lowest BCUT2D eigenvalue weighted by Crippen LogP contribution is -2.70. The summed E-state index contributed by atoms with van der Waals surface area (Å²) in [5.74, 6) is 7.79. The van der Waals surface area contributed by atoms with Crippen LogP contribution in [-0.2, 0) is 19.2 Å². The van der Waals surface area contributed by atoms with Gasteiger partial charge in [0.25, 0.3) is 0 Å². The quantitative estimate of drug-likeness (QED) is 0.490. The standard InChI is InChI=1S/C30H41NO5/c1-20-11-14-26-21(2)27(33-28-30(26)25(20)15-16-29(3,34-28)35-36-30)18-23(31-17-7-10-24(31)19-32)13-12-22-8-5-4-6-9-22/h4-6,8-9,20-21,23-28,32H,7,10-11,14-19H2,1-3H3/t20-,21-,23?,24+,25+,26+,27-,28-,29-,30-/m1/s1. The van der Waals surface area contributed by atoms with Gasteiger partial charge < -0.3 is 14.6 Å². The van der Waals surface area contributed by atoms with Crippen molar-refractivity contribution in [2.75, 3.05) is 13.2 Å². The zero-order valence-electron chi connectivity index (χ0n) is 21.9. The van der Waals surface area contributed by atoms with Crippen molar-refractivity contribution in [3.05, 3.63) is 35.9 Å². The van der Waals surface area contributed by atoms with Crippen LogP contribution in [0.15, 0.2) is 30.3 Å². The minimum absolute atomic E-state index is 0.00115. The Bertz CT molecular complexity index is 992. The molecular formula is C30H41NO5. The molecule has 6 fully saturated rings. The molecule has 0 radical (unpaired) electrons. The zero-order valence-corrected chi connectivity index (χ0v) is 21.9. The van der Waals surface area contributed by atoms with E-state index in [2.05, 4.69) is 42.7 Å². The summed E-state index contributed by atoms with van der Waals surface area (Å²) in [5.41, 5.74) is 0.488. The van der Waals surface area contributed by atoms with Crippen molar-refractivity contribution in [2.24, 2.45) is 23.7 Å². The van der Waals surface area contributed by atoms with E-state index in [4.69, 9.17) is 19.2 Å². The largest absolute Gasteiger partial charge is 0.395 e. The second-order valence-electron chi connectivity index (χ2n) is 12.0. The monoisotopic (exact) mass is 495 g/mol. The molecule has 1 aliphatic carbocycles. The second-order valence-corrected chi connectivity index (χ2v) is 12.0. The summed E-state index contributed by atoms with van der Waals surface area (Å²) >= 11 is 0. The molecule has 1 aromatic rings. The molecule has 6 aliphatic rings. The number of rotatable bonds is 4. The van der Waals surface area contributed by atoms with Crippen LogP contribution in [0.4, 0.5) is 0 Å². The Morgan fingerprint density at radius 2 is 1.92 bits per heavy atom. The molecule has 1 saturated carbocycles. The minimum Gasteiger partial charge on any atom is -0.395 e. The number of hydrogen-bond donors (Lipinski definition) is 1. The van der Waals surface area contributed by atoms with Crippen LogP contribution in [0.3, 0.4) is 0 Å². The molecule has 5 aliphatic heterocycles. The fourth-order valence-electron chi connectivity index (χ4n) is 7.90. The lowest BCUT2D eigenvalue weighted by molar-refractivity contribution is -0.571. The Kier molecular flexibility index (Phi) is 6.69. The Morgan fingerprint density at radius 1 is 1.08 bits per heavy atom. The first-order valence-corrected chi connectivity index (χ1v) is 14.1. The van der Waals surface area contributed by atoms with Gasteiger partial charge in [-0.15, -0.1) is 0 Å². The maximum atomic E-state index is 10.1. The lowest BCUT2D eigenvalue weighted by atomic mass is 9.57. The van der Waals surface area contributed by atoms with E-state index >= 15 is 0 Å². The van der Waals surface area contributed by atoms with E-state index in [-0.39, 0.29) is 24.8 Å². The van der Waals surface area contributed by atoms with Gasteiger partial charge in [-0.2, -0.15) is 0 Å². The van der Waals surface area contributed by atoms with Crippen molar-refractivity contribution in [2.45, 2.75) is 102 Å². The van der Waals surface area contributed by atoms with Crippen LogP contribution in [0.25, 0.3) is 0 Å². The van der Waals surface area contributed by atoms with E-state index in [1.54, 1.807) is 0 Å². The Labute approximate surface area is 215 Å². The number of ether oxygens (including phenoxy) is 2. The van der Waals surface area contributed by atoms with Gasteiger partial charge in [-0.1, -0.05) is 43.9 Å². The minimum atomic E-state index is -0.758. The molecule has 0 aromatic heterocycles. The highest BCUT2D eigenvalue weighted by Crippen LogP contribution is 2.60. The third kappa shape index (κ3) is 4.13. The normalized spacial score (nSPS) is 44.8. The van der Waals surface area contributed by atoms with E-state index < -0.39 is 17.7 Å². The number of benzene rings is 1. The molecule has 1 aromatic carbocycles. The third-order valence-corrected chi connectivity index (χ3v) is 9.94. The number of hydrogen-bond acceptors (Lipinski definition) is 6. The summed E-state index contributed by atoms with van der Waals surface area (Å²) < 4.78 is 13.5. The molecule has 10 atom stereocenters. The molecule has 196 valence electrons. The summed E-state index contributed by atoms with van der Waals surface area (Å²) in [6.45, 7) is 7.79. The Balaban J connectivity index is 1.30. The highest BCUT2D eigenvalue weighted by atomic mass is 17.3. The molecule has 5 heterocycles. The molecule has 1 spiro atoms. The van der Waals surface area contributed by atoms with Crippen molar-refractivity contribution in [1.29, 1.82) is 0 Å². The van der Waals surface area contributed by atoms with Crippen LogP contribution in [-0.4, -0.2) is 59.0 Å². The van der Waals surface area contributed by atoms with Crippen LogP contribution in [0, 0.1) is 35.5 Å². The molecule has 7 rings (SSSR count). The van der Waals surface area contributed by atoms with Crippen LogP contribution in [0.1, 0.15) is 71.3 Å². The van der Waals surface area contributed by atoms with Gasteiger partial charge in [0.1, 0.15) is 0 Å². The van der Waals surface area contributed by atoms with Crippen LogP contribution in [0.2, 0.25) is 0 Å². The van der Waals surface area contributed by atoms with Gasteiger partial charge in [-0.05, 0) is 75.5 Å². The molecule has 6 nitrogen and oxygen atoms in total. The van der Waals surface area contributed by atoms with E-state index in [1.165, 1.54) is 6.42 Å². The molecule has 6 heteroatoms. The maximum Gasteiger partial charge on any atom is 0.201 e. The SMILES string of the molecule is C[C@H]1[C@@H](CC(C#Cc2ccccc2)N2CCC[C@H]2CO)O[C@@H]2O[C@@]3(C)CC[C@H]4[C@H](C)CC[C@@H]1[C@@]24OO3. The Morgan fingerprint density at radius 3 is 2.72 bits per heavy atom. The first-order valence-electron chi connectivity index (χ1n) is 14.1. The van der Waals surface area contributed by atoms with Gasteiger partial charge >= 0.3 is 0 Å². The second kappa shape index (κ2) is 9.69. The average molecular weight is 496 g/mol. The van der Waals surface area contributed by atoms with Crippen molar-refractivity contribution in [3.63, 3.8) is 0 Å². The Hall–Kier alpha value is -1.46. The molecule has 0 amide bonds. The molecule has 5 saturated heterocycles. The first kappa shape index (κ1) is 24.9. The van der Waals surface area contributed by atoms with Crippen LogP contribution in [0.5, 0.6) is 0 Å². The highest BCUT2D eigenvalue weighted by molar-refractivity contribution is 5.35. The summed E-state index contributed by atoms with van der Waals surface area (Å²) in [5, 5.41) is 10.1. The van der Waals surface area contributed by atoms with Gasteiger partial charge in [0.2, 0.25) is 5.79 Å². The van der Waals surface area contributed by atoms with Crippen LogP contribution >= 0.6 is 0 Å².